The summed E-state index contributed by atoms with van der Waals surface area (Å²) in [5.74, 6) is 2.07. The molecular formula is C20H23N5O. The van der Waals surface area contributed by atoms with Crippen molar-refractivity contribution in [1.29, 1.82) is 0 Å². The molecule has 6 nitrogen and oxygen atoms in total. The van der Waals surface area contributed by atoms with Crippen LogP contribution in [0.15, 0.2) is 42.5 Å². The van der Waals surface area contributed by atoms with Crippen LogP contribution in [0, 0.1) is 5.92 Å². The highest BCUT2D eigenvalue weighted by Crippen LogP contribution is 2.26. The number of fused-ring (bicyclic) bond motifs is 2. The molecule has 0 saturated carbocycles. The lowest BCUT2D eigenvalue weighted by atomic mass is 10.0. The first-order valence-corrected chi connectivity index (χ1v) is 9.11. The molecule has 0 spiro atoms. The number of urea groups is 1. The molecule has 0 radical (unpaired) electrons. The predicted octanol–water partition coefficient (Wildman–Crippen LogP) is 3.90. The van der Waals surface area contributed by atoms with Gasteiger partial charge in [-0.05, 0) is 23.8 Å². The topological polar surface area (TPSA) is 71.8 Å². The summed E-state index contributed by atoms with van der Waals surface area (Å²) in [4.78, 5) is 12.7. The van der Waals surface area contributed by atoms with E-state index in [4.69, 9.17) is 0 Å². The summed E-state index contributed by atoms with van der Waals surface area (Å²) in [6.07, 6.45) is 2.05. The van der Waals surface area contributed by atoms with Gasteiger partial charge in [0.05, 0.1) is 11.7 Å². The largest absolute Gasteiger partial charge is 0.328 e. The Morgan fingerprint density at radius 1 is 1.12 bits per heavy atom. The Morgan fingerprint density at radius 2 is 1.92 bits per heavy atom. The van der Waals surface area contributed by atoms with Gasteiger partial charge in [0.25, 0.3) is 0 Å². The van der Waals surface area contributed by atoms with Crippen molar-refractivity contribution in [3.05, 3.63) is 54.1 Å². The lowest BCUT2D eigenvalue weighted by molar-refractivity contribution is 0.243. The van der Waals surface area contributed by atoms with E-state index < -0.39 is 0 Å². The Balaban J connectivity index is 1.55. The van der Waals surface area contributed by atoms with E-state index >= 15 is 0 Å². The van der Waals surface area contributed by atoms with Gasteiger partial charge < -0.3 is 15.2 Å². The van der Waals surface area contributed by atoms with Crippen molar-refractivity contribution >= 4 is 22.5 Å². The number of nitrogens with zero attached hydrogens (tertiary/aromatic N) is 3. The molecule has 2 aromatic carbocycles. The van der Waals surface area contributed by atoms with Crippen LogP contribution in [0.2, 0.25) is 0 Å². The van der Waals surface area contributed by atoms with Crippen LogP contribution < -0.4 is 10.6 Å². The van der Waals surface area contributed by atoms with Crippen LogP contribution in [-0.4, -0.2) is 20.8 Å². The third-order valence-corrected chi connectivity index (χ3v) is 4.91. The smallest absolute Gasteiger partial charge is 0.319 e. The second-order valence-corrected chi connectivity index (χ2v) is 7.08. The summed E-state index contributed by atoms with van der Waals surface area (Å²) < 4.78 is 2.14. The molecule has 1 atom stereocenters. The first-order chi connectivity index (χ1) is 12.6. The van der Waals surface area contributed by atoms with Crippen LogP contribution in [0.5, 0.6) is 0 Å². The van der Waals surface area contributed by atoms with Crippen LogP contribution in [0.3, 0.4) is 0 Å². The van der Waals surface area contributed by atoms with Crippen LogP contribution >= 0.6 is 0 Å². The standard InChI is InChI=1S/C20H23N5O/c1-13(2)18(19-24-23-17-11-6-12-25(17)19)22-20(26)21-16-10-5-8-14-7-3-4-9-15(14)16/h3-5,7-10,13,18H,6,11-12H2,1-2H3,(H2,21,22,26). The zero-order valence-corrected chi connectivity index (χ0v) is 15.1. The number of benzene rings is 2. The second kappa shape index (κ2) is 6.78. The Labute approximate surface area is 152 Å². The second-order valence-electron chi connectivity index (χ2n) is 7.08. The number of carbonyl (C=O) groups excluding carboxylic acids is 1. The zero-order valence-electron chi connectivity index (χ0n) is 15.1. The Kier molecular flexibility index (Phi) is 4.32. The molecule has 1 aliphatic rings. The fourth-order valence-corrected chi connectivity index (χ4v) is 3.57. The monoisotopic (exact) mass is 349 g/mol. The van der Waals surface area contributed by atoms with Gasteiger partial charge in [0.1, 0.15) is 5.82 Å². The van der Waals surface area contributed by atoms with Gasteiger partial charge in [0.15, 0.2) is 5.82 Å². The number of aromatic nitrogens is 3. The lowest BCUT2D eigenvalue weighted by Gasteiger charge is -2.22. The minimum absolute atomic E-state index is 0.177. The molecule has 2 N–H and O–H groups in total. The molecule has 6 heteroatoms. The average Bonchev–Trinajstić information content (AvgIpc) is 3.24. The lowest BCUT2D eigenvalue weighted by Crippen LogP contribution is -2.36. The first kappa shape index (κ1) is 16.6. The Bertz CT molecular complexity index is 941. The van der Waals surface area contributed by atoms with E-state index in [1.54, 1.807) is 0 Å². The van der Waals surface area contributed by atoms with Crippen molar-refractivity contribution < 1.29 is 4.79 Å². The van der Waals surface area contributed by atoms with Crippen molar-refractivity contribution in [2.24, 2.45) is 5.92 Å². The maximum absolute atomic E-state index is 12.7. The van der Waals surface area contributed by atoms with Gasteiger partial charge in [0.2, 0.25) is 0 Å². The molecule has 1 unspecified atom stereocenters. The third-order valence-electron chi connectivity index (χ3n) is 4.91. The van der Waals surface area contributed by atoms with E-state index in [2.05, 4.69) is 39.2 Å². The number of anilines is 1. The molecular weight excluding hydrogens is 326 g/mol. The molecule has 0 aliphatic carbocycles. The van der Waals surface area contributed by atoms with Crippen molar-refractivity contribution in [1.82, 2.24) is 20.1 Å². The molecule has 1 aliphatic heterocycles. The van der Waals surface area contributed by atoms with Crippen LogP contribution in [-0.2, 0) is 13.0 Å². The van der Waals surface area contributed by atoms with E-state index in [0.29, 0.717) is 0 Å². The summed E-state index contributed by atoms with van der Waals surface area (Å²) in [5, 5.41) is 16.8. The SMILES string of the molecule is CC(C)C(NC(=O)Nc1cccc2ccccc12)c1nnc2n1CCC2. The first-order valence-electron chi connectivity index (χ1n) is 9.11. The number of carbonyl (C=O) groups is 1. The van der Waals surface area contributed by atoms with E-state index in [1.165, 1.54) is 0 Å². The minimum atomic E-state index is -0.226. The van der Waals surface area contributed by atoms with Gasteiger partial charge in [-0.3, -0.25) is 0 Å². The zero-order chi connectivity index (χ0) is 18.1. The van der Waals surface area contributed by atoms with E-state index in [1.807, 2.05) is 42.5 Å². The summed E-state index contributed by atoms with van der Waals surface area (Å²) in [7, 11) is 0. The average molecular weight is 349 g/mol. The fraction of sp³-hybridized carbons (Fsp3) is 0.350. The summed E-state index contributed by atoms with van der Waals surface area (Å²) in [6.45, 7) is 5.09. The van der Waals surface area contributed by atoms with E-state index in [-0.39, 0.29) is 18.0 Å². The number of hydrogen-bond acceptors (Lipinski definition) is 3. The molecule has 4 rings (SSSR count). The number of nitrogens with one attached hydrogen (secondary N) is 2. The minimum Gasteiger partial charge on any atom is -0.328 e. The quantitative estimate of drug-likeness (QED) is 0.750. The third kappa shape index (κ3) is 3.03. The van der Waals surface area contributed by atoms with Crippen molar-refractivity contribution in [3.63, 3.8) is 0 Å². The molecule has 1 aromatic heterocycles. The molecule has 0 saturated heterocycles. The van der Waals surface area contributed by atoms with Crippen molar-refractivity contribution in [2.75, 3.05) is 5.32 Å². The van der Waals surface area contributed by atoms with Crippen LogP contribution in [0.25, 0.3) is 10.8 Å². The Hall–Kier alpha value is -2.89. The van der Waals surface area contributed by atoms with E-state index in [0.717, 1.165) is 47.5 Å². The predicted molar refractivity (Wildman–Crippen MR) is 102 cm³/mol. The molecule has 3 aromatic rings. The molecule has 0 fully saturated rings. The fourth-order valence-electron chi connectivity index (χ4n) is 3.57. The summed E-state index contributed by atoms with van der Waals surface area (Å²) in [6, 6.07) is 13.5. The summed E-state index contributed by atoms with van der Waals surface area (Å²) in [5.41, 5.74) is 0.801. The van der Waals surface area contributed by atoms with Gasteiger partial charge >= 0.3 is 6.03 Å². The normalized spacial score (nSPS) is 14.4. The highest BCUT2D eigenvalue weighted by molar-refractivity contribution is 6.01. The van der Waals surface area contributed by atoms with Gasteiger partial charge in [-0.2, -0.15) is 0 Å². The van der Waals surface area contributed by atoms with Crippen LogP contribution in [0.1, 0.15) is 38.0 Å². The molecule has 26 heavy (non-hydrogen) atoms. The highest BCUT2D eigenvalue weighted by atomic mass is 16.2. The van der Waals surface area contributed by atoms with Gasteiger partial charge in [-0.15, -0.1) is 10.2 Å². The maximum atomic E-state index is 12.7. The van der Waals surface area contributed by atoms with Crippen molar-refractivity contribution in [2.45, 2.75) is 39.3 Å². The molecule has 2 amide bonds. The molecule has 0 bridgehead atoms. The van der Waals surface area contributed by atoms with Crippen molar-refractivity contribution in [3.8, 4) is 0 Å². The molecule has 2 heterocycles. The summed E-state index contributed by atoms with van der Waals surface area (Å²) >= 11 is 0. The maximum Gasteiger partial charge on any atom is 0.319 e. The number of aryl methyl sites for hydroxylation is 1. The Morgan fingerprint density at radius 3 is 2.77 bits per heavy atom. The van der Waals surface area contributed by atoms with E-state index in [9.17, 15) is 4.79 Å². The highest BCUT2D eigenvalue weighted by Gasteiger charge is 2.27. The van der Waals surface area contributed by atoms with Gasteiger partial charge in [-0.1, -0.05) is 50.2 Å². The number of hydrogen-bond donors (Lipinski definition) is 2. The number of rotatable bonds is 4. The van der Waals surface area contributed by atoms with Crippen LogP contribution in [0.4, 0.5) is 10.5 Å². The van der Waals surface area contributed by atoms with Gasteiger partial charge in [-0.25, -0.2) is 4.79 Å². The number of amides is 2. The van der Waals surface area contributed by atoms with Gasteiger partial charge in [0, 0.05) is 18.4 Å². The molecule has 134 valence electrons.